The lowest BCUT2D eigenvalue weighted by atomic mass is 9.83. The molecule has 0 spiro atoms. The van der Waals surface area contributed by atoms with Crippen LogP contribution in [-0.4, -0.2) is 104 Å². The van der Waals surface area contributed by atoms with Gasteiger partial charge in [0.25, 0.3) is 0 Å². The number of nitrogens with zero attached hydrogens (tertiary/aromatic N) is 2. The minimum atomic E-state index is -0.759. The minimum Gasteiger partial charge on any atom is -0.493 e. The second-order valence-corrected chi connectivity index (χ2v) is 13.8. The Morgan fingerprint density at radius 2 is 1.80 bits per heavy atom. The molecule has 4 aliphatic rings. The Bertz CT molecular complexity index is 1170. The van der Waals surface area contributed by atoms with Gasteiger partial charge in [0, 0.05) is 44.3 Å². The number of hydrogen-bond donors (Lipinski definition) is 2. The van der Waals surface area contributed by atoms with E-state index in [1.54, 1.807) is 4.90 Å². The maximum absolute atomic E-state index is 14.6. The van der Waals surface area contributed by atoms with Gasteiger partial charge in [0.15, 0.2) is 0 Å². The van der Waals surface area contributed by atoms with Crippen molar-refractivity contribution in [3.05, 3.63) is 29.8 Å². The lowest BCUT2D eigenvalue weighted by Gasteiger charge is -2.45. The van der Waals surface area contributed by atoms with Gasteiger partial charge in [-0.25, -0.2) is 4.79 Å². The van der Waals surface area contributed by atoms with Crippen LogP contribution in [0.2, 0.25) is 0 Å². The van der Waals surface area contributed by atoms with E-state index in [0.717, 1.165) is 49.8 Å². The molecule has 0 aromatic heterocycles. The Balaban J connectivity index is 1.37. The van der Waals surface area contributed by atoms with Crippen molar-refractivity contribution in [3.8, 4) is 5.75 Å². The molecule has 0 unspecified atom stereocenters. The Morgan fingerprint density at radius 1 is 1.02 bits per heavy atom. The van der Waals surface area contributed by atoms with Crippen molar-refractivity contribution in [2.75, 3.05) is 46.1 Å². The highest BCUT2D eigenvalue weighted by molar-refractivity contribution is 5.92. The number of benzene rings is 1. The number of ether oxygens (including phenoxy) is 4. The van der Waals surface area contributed by atoms with Crippen LogP contribution in [0.4, 0.5) is 4.79 Å². The molecule has 3 amide bonds. The number of hydrogen-bond acceptors (Lipinski definition) is 8. The summed E-state index contributed by atoms with van der Waals surface area (Å²) in [5.74, 6) is 0.363. The zero-order valence-electron chi connectivity index (χ0n) is 27.4. The lowest BCUT2D eigenvalue weighted by molar-refractivity contribution is -0.148. The minimum absolute atomic E-state index is 0.00520. The summed E-state index contributed by atoms with van der Waals surface area (Å²) in [5, 5.41) is 6.21. The van der Waals surface area contributed by atoms with Crippen molar-refractivity contribution < 1.29 is 33.3 Å². The molecule has 5 rings (SSSR count). The molecule has 1 aromatic rings. The van der Waals surface area contributed by atoms with Crippen LogP contribution in [-0.2, 0) is 23.8 Å². The molecule has 3 heterocycles. The molecule has 1 aromatic carbocycles. The van der Waals surface area contributed by atoms with E-state index in [4.69, 9.17) is 18.9 Å². The molecule has 2 saturated heterocycles. The number of fused-ring (bicyclic) bond motifs is 2. The first-order valence-electron chi connectivity index (χ1n) is 16.9. The molecule has 3 fully saturated rings. The smallest absolute Gasteiger partial charge is 0.408 e. The van der Waals surface area contributed by atoms with Gasteiger partial charge in [-0.2, -0.15) is 0 Å². The van der Waals surface area contributed by atoms with E-state index in [1.165, 1.54) is 0 Å². The van der Waals surface area contributed by atoms with E-state index in [9.17, 15) is 14.4 Å². The number of rotatable bonds is 10. The van der Waals surface area contributed by atoms with Crippen LogP contribution in [0.25, 0.3) is 0 Å². The highest BCUT2D eigenvalue weighted by Gasteiger charge is 2.47. The first kappa shape index (κ1) is 33.5. The van der Waals surface area contributed by atoms with Crippen LogP contribution in [0.15, 0.2) is 24.3 Å². The molecular formula is C34H52N4O7. The maximum atomic E-state index is 14.6. The Kier molecular flexibility index (Phi) is 11.3. The van der Waals surface area contributed by atoms with E-state index in [0.29, 0.717) is 52.5 Å². The van der Waals surface area contributed by atoms with Gasteiger partial charge in [-0.15, -0.1) is 0 Å². The van der Waals surface area contributed by atoms with Crippen molar-refractivity contribution in [2.45, 2.75) is 109 Å². The van der Waals surface area contributed by atoms with E-state index in [2.05, 4.69) is 15.5 Å². The Morgan fingerprint density at radius 3 is 2.56 bits per heavy atom. The topological polar surface area (TPSA) is 119 Å². The van der Waals surface area contributed by atoms with Crippen LogP contribution in [0.5, 0.6) is 5.75 Å². The predicted octanol–water partition coefficient (Wildman–Crippen LogP) is 3.81. The second-order valence-electron chi connectivity index (χ2n) is 13.8. The third-order valence-corrected chi connectivity index (χ3v) is 9.39. The van der Waals surface area contributed by atoms with Crippen molar-refractivity contribution in [3.63, 3.8) is 0 Å². The van der Waals surface area contributed by atoms with Crippen LogP contribution < -0.4 is 15.4 Å². The predicted molar refractivity (Wildman–Crippen MR) is 169 cm³/mol. The van der Waals surface area contributed by atoms with Crippen LogP contribution >= 0.6 is 0 Å². The SMILES string of the molecule is CCOCCO[C@@H]1C[C@@H]2CN(C(=O)[C@@H](NC(=O)OC(C)(C)C)C3CCCCC3)[C@H](C(=O)N[C@@H]3CCOc4ccccc43)CN2C1. The van der Waals surface area contributed by atoms with Crippen LogP contribution in [0.3, 0.4) is 0 Å². The Labute approximate surface area is 267 Å². The fourth-order valence-corrected chi connectivity index (χ4v) is 7.25. The molecule has 250 valence electrons. The van der Waals surface area contributed by atoms with E-state index in [-0.39, 0.29) is 35.9 Å². The van der Waals surface area contributed by atoms with Gasteiger partial charge >= 0.3 is 6.09 Å². The number of carbonyl (C=O) groups is 3. The first-order valence-corrected chi connectivity index (χ1v) is 16.9. The second kappa shape index (κ2) is 15.1. The van der Waals surface area contributed by atoms with Gasteiger partial charge in [0.05, 0.1) is 32.0 Å². The summed E-state index contributed by atoms with van der Waals surface area (Å²) in [7, 11) is 0. The number of amides is 3. The van der Waals surface area contributed by atoms with Gasteiger partial charge in [-0.3, -0.25) is 14.5 Å². The average Bonchev–Trinajstić information content (AvgIpc) is 3.42. The highest BCUT2D eigenvalue weighted by atomic mass is 16.6. The van der Waals surface area contributed by atoms with E-state index < -0.39 is 23.8 Å². The van der Waals surface area contributed by atoms with Crippen LogP contribution in [0, 0.1) is 5.92 Å². The van der Waals surface area contributed by atoms with Gasteiger partial charge < -0.3 is 34.5 Å². The molecule has 11 heteroatoms. The van der Waals surface area contributed by atoms with Gasteiger partial charge in [-0.05, 0) is 58.9 Å². The summed E-state index contributed by atoms with van der Waals surface area (Å²) in [6.07, 6.45) is 5.65. The zero-order valence-corrected chi connectivity index (χ0v) is 27.4. The zero-order chi connectivity index (χ0) is 32.0. The van der Waals surface area contributed by atoms with Gasteiger partial charge in [0.1, 0.15) is 23.4 Å². The van der Waals surface area contributed by atoms with E-state index in [1.807, 2.05) is 52.0 Å². The number of para-hydroxylation sites is 1. The molecule has 0 bridgehead atoms. The summed E-state index contributed by atoms with van der Waals surface area (Å²) in [6.45, 7) is 11.1. The molecule has 2 N–H and O–H groups in total. The van der Waals surface area contributed by atoms with Crippen molar-refractivity contribution >= 4 is 17.9 Å². The van der Waals surface area contributed by atoms with Crippen molar-refractivity contribution in [1.82, 2.24) is 20.4 Å². The largest absolute Gasteiger partial charge is 0.493 e. The summed E-state index contributed by atoms with van der Waals surface area (Å²) in [5.41, 5.74) is 0.249. The standard InChI is InChI=1S/C34H52N4O7/c1-5-42-17-18-43-25-19-24-20-38(32(40)30(23-11-7-6-8-12-23)36-33(41)45-34(2,3)4)28(22-37(24)21-25)31(39)35-27-15-16-44-29-14-10-9-13-26(27)29/h9-10,13-14,23-25,27-28,30H,5-8,11-12,15-22H2,1-4H3,(H,35,39)(H,36,41)/t24-,25-,27-,28+,30+/m1/s1. The maximum Gasteiger partial charge on any atom is 0.408 e. The quantitative estimate of drug-likeness (QED) is 0.376. The first-order chi connectivity index (χ1) is 21.6. The molecule has 1 aliphatic carbocycles. The fourth-order valence-electron chi connectivity index (χ4n) is 7.25. The average molecular weight is 629 g/mol. The molecule has 0 radical (unpaired) electrons. The molecule has 3 aliphatic heterocycles. The number of carbonyl (C=O) groups excluding carboxylic acids is 3. The number of piperazine rings is 1. The van der Waals surface area contributed by atoms with Crippen molar-refractivity contribution in [1.29, 1.82) is 0 Å². The normalized spacial score (nSPS) is 26.3. The summed E-state index contributed by atoms with van der Waals surface area (Å²) in [4.78, 5) is 45.8. The molecular weight excluding hydrogens is 576 g/mol. The highest BCUT2D eigenvalue weighted by Crippen LogP contribution is 2.34. The van der Waals surface area contributed by atoms with E-state index >= 15 is 0 Å². The third-order valence-electron chi connectivity index (χ3n) is 9.39. The number of alkyl carbamates (subject to hydrolysis) is 1. The summed E-state index contributed by atoms with van der Waals surface area (Å²) >= 11 is 0. The summed E-state index contributed by atoms with van der Waals surface area (Å²) in [6, 6.07) is 6.15. The fraction of sp³-hybridized carbons (Fsp3) is 0.735. The molecule has 5 atom stereocenters. The summed E-state index contributed by atoms with van der Waals surface area (Å²) < 4.78 is 23.0. The van der Waals surface area contributed by atoms with Crippen LogP contribution in [0.1, 0.15) is 84.2 Å². The third kappa shape index (κ3) is 8.68. The monoisotopic (exact) mass is 628 g/mol. The number of nitrogens with one attached hydrogen (secondary N) is 2. The van der Waals surface area contributed by atoms with Gasteiger partial charge in [0.2, 0.25) is 11.8 Å². The lowest BCUT2D eigenvalue weighted by Crippen LogP contribution is -2.66. The van der Waals surface area contributed by atoms with Crippen molar-refractivity contribution in [2.24, 2.45) is 5.92 Å². The Hall–Kier alpha value is -2.89. The molecule has 11 nitrogen and oxygen atoms in total. The van der Waals surface area contributed by atoms with Gasteiger partial charge in [-0.1, -0.05) is 37.5 Å². The molecule has 1 saturated carbocycles. The molecule has 45 heavy (non-hydrogen) atoms.